The van der Waals surface area contributed by atoms with E-state index in [1.165, 1.54) is 0 Å². The smallest absolute Gasteiger partial charge is 0.191 e. The molecular formula is C14H23N3O2. The first-order valence-electron chi connectivity index (χ1n) is 6.39. The Kier molecular flexibility index (Phi) is 6.57. The normalized spacial score (nSPS) is 11.3. The van der Waals surface area contributed by atoms with E-state index >= 15 is 0 Å². The molecule has 1 aromatic rings. The molecule has 0 aliphatic carbocycles. The molecule has 0 aliphatic rings. The summed E-state index contributed by atoms with van der Waals surface area (Å²) in [5.41, 5.74) is 0. The third-order valence-corrected chi connectivity index (χ3v) is 2.37. The predicted octanol–water partition coefficient (Wildman–Crippen LogP) is 1.65. The first-order chi connectivity index (χ1) is 9.15. The second-order valence-corrected chi connectivity index (χ2v) is 4.32. The van der Waals surface area contributed by atoms with Gasteiger partial charge in [0.1, 0.15) is 18.1 Å². The number of benzene rings is 1. The molecule has 0 amide bonds. The lowest BCUT2D eigenvalue weighted by atomic mass is 10.3. The Morgan fingerprint density at radius 3 is 2.37 bits per heavy atom. The van der Waals surface area contributed by atoms with Gasteiger partial charge in [0.05, 0.1) is 13.7 Å². The first-order valence-corrected chi connectivity index (χ1v) is 6.39. The Labute approximate surface area is 115 Å². The molecule has 1 aromatic carbocycles. The molecule has 0 spiro atoms. The van der Waals surface area contributed by atoms with Crippen molar-refractivity contribution in [2.75, 3.05) is 27.3 Å². The van der Waals surface area contributed by atoms with Gasteiger partial charge in [0.15, 0.2) is 5.96 Å². The molecule has 0 fully saturated rings. The SMILES string of the molecule is CN=C(NCCOc1ccc(OC)cc1)NC(C)C. The first kappa shape index (κ1) is 15.1. The molecule has 0 aliphatic heterocycles. The third kappa shape index (κ3) is 5.99. The van der Waals surface area contributed by atoms with E-state index in [4.69, 9.17) is 9.47 Å². The highest BCUT2D eigenvalue weighted by atomic mass is 16.5. The molecule has 0 bridgehead atoms. The van der Waals surface area contributed by atoms with Crippen molar-refractivity contribution >= 4 is 5.96 Å². The average molecular weight is 265 g/mol. The Hall–Kier alpha value is -1.91. The van der Waals surface area contributed by atoms with Crippen LogP contribution in [0.2, 0.25) is 0 Å². The molecule has 5 nitrogen and oxygen atoms in total. The summed E-state index contributed by atoms with van der Waals surface area (Å²) in [5.74, 6) is 2.44. The standard InChI is InChI=1S/C14H23N3O2/c1-11(2)17-14(15-3)16-9-10-19-13-7-5-12(18-4)6-8-13/h5-8,11H,9-10H2,1-4H3,(H2,15,16,17). The molecule has 0 saturated carbocycles. The van der Waals surface area contributed by atoms with E-state index in [-0.39, 0.29) is 0 Å². The van der Waals surface area contributed by atoms with Crippen molar-refractivity contribution in [2.24, 2.45) is 4.99 Å². The van der Waals surface area contributed by atoms with Crippen LogP contribution in [0.5, 0.6) is 11.5 Å². The van der Waals surface area contributed by atoms with Crippen LogP contribution in [-0.2, 0) is 0 Å². The van der Waals surface area contributed by atoms with Gasteiger partial charge in [-0.1, -0.05) is 0 Å². The highest BCUT2D eigenvalue weighted by molar-refractivity contribution is 5.79. The number of aliphatic imine (C=N–C) groups is 1. The summed E-state index contributed by atoms with van der Waals surface area (Å²) in [6.45, 7) is 5.41. The number of methoxy groups -OCH3 is 1. The van der Waals surface area contributed by atoms with Gasteiger partial charge in [-0.25, -0.2) is 0 Å². The number of ether oxygens (including phenoxy) is 2. The summed E-state index contributed by atoms with van der Waals surface area (Å²) in [6, 6.07) is 7.89. The fraction of sp³-hybridized carbons (Fsp3) is 0.500. The van der Waals surface area contributed by atoms with Gasteiger partial charge in [0, 0.05) is 13.1 Å². The minimum atomic E-state index is 0.355. The van der Waals surface area contributed by atoms with Crippen molar-refractivity contribution in [3.8, 4) is 11.5 Å². The molecule has 1 rings (SSSR count). The van der Waals surface area contributed by atoms with Crippen LogP contribution in [0.4, 0.5) is 0 Å². The van der Waals surface area contributed by atoms with Crippen LogP contribution >= 0.6 is 0 Å². The van der Waals surface area contributed by atoms with Gasteiger partial charge < -0.3 is 20.1 Å². The highest BCUT2D eigenvalue weighted by Gasteiger charge is 1.99. The molecular weight excluding hydrogens is 242 g/mol. The molecule has 0 aromatic heterocycles. The topological polar surface area (TPSA) is 54.9 Å². The second kappa shape index (κ2) is 8.24. The van der Waals surface area contributed by atoms with Crippen LogP contribution in [0, 0.1) is 0 Å². The van der Waals surface area contributed by atoms with Crippen LogP contribution in [0.1, 0.15) is 13.8 Å². The minimum absolute atomic E-state index is 0.355. The molecule has 0 heterocycles. The fourth-order valence-electron chi connectivity index (χ4n) is 1.48. The maximum atomic E-state index is 5.60. The molecule has 2 N–H and O–H groups in total. The molecule has 0 unspecified atom stereocenters. The second-order valence-electron chi connectivity index (χ2n) is 4.32. The molecule has 106 valence electrons. The summed E-state index contributed by atoms with van der Waals surface area (Å²) < 4.78 is 10.7. The maximum Gasteiger partial charge on any atom is 0.191 e. The minimum Gasteiger partial charge on any atom is -0.497 e. The van der Waals surface area contributed by atoms with E-state index in [9.17, 15) is 0 Å². The maximum absolute atomic E-state index is 5.60. The summed E-state index contributed by atoms with van der Waals surface area (Å²) in [6.07, 6.45) is 0. The summed E-state index contributed by atoms with van der Waals surface area (Å²) in [4.78, 5) is 4.12. The van der Waals surface area contributed by atoms with Crippen molar-refractivity contribution in [2.45, 2.75) is 19.9 Å². The highest BCUT2D eigenvalue weighted by Crippen LogP contribution is 2.16. The van der Waals surface area contributed by atoms with Crippen LogP contribution in [0.25, 0.3) is 0 Å². The van der Waals surface area contributed by atoms with Gasteiger partial charge in [-0.15, -0.1) is 0 Å². The van der Waals surface area contributed by atoms with E-state index in [1.54, 1.807) is 14.2 Å². The van der Waals surface area contributed by atoms with Gasteiger partial charge in [-0.05, 0) is 38.1 Å². The van der Waals surface area contributed by atoms with Gasteiger partial charge in [0.25, 0.3) is 0 Å². The van der Waals surface area contributed by atoms with E-state index in [2.05, 4.69) is 29.5 Å². The number of nitrogens with one attached hydrogen (secondary N) is 2. The largest absolute Gasteiger partial charge is 0.497 e. The molecule has 5 heteroatoms. The Bertz CT molecular complexity index is 388. The number of nitrogens with zero attached hydrogens (tertiary/aromatic N) is 1. The fourth-order valence-corrected chi connectivity index (χ4v) is 1.48. The Morgan fingerprint density at radius 1 is 1.21 bits per heavy atom. The van der Waals surface area contributed by atoms with Crippen molar-refractivity contribution in [3.63, 3.8) is 0 Å². The Balaban J connectivity index is 2.26. The van der Waals surface area contributed by atoms with Gasteiger partial charge in [0.2, 0.25) is 0 Å². The molecule has 0 saturated heterocycles. The monoisotopic (exact) mass is 265 g/mol. The zero-order valence-electron chi connectivity index (χ0n) is 12.1. The average Bonchev–Trinajstić information content (AvgIpc) is 2.42. The zero-order chi connectivity index (χ0) is 14.1. The molecule has 0 atom stereocenters. The summed E-state index contributed by atoms with van der Waals surface area (Å²) in [5, 5.41) is 6.39. The lowest BCUT2D eigenvalue weighted by Crippen LogP contribution is -2.42. The van der Waals surface area contributed by atoms with Crippen LogP contribution in [-0.4, -0.2) is 39.3 Å². The quantitative estimate of drug-likeness (QED) is 0.466. The van der Waals surface area contributed by atoms with Gasteiger partial charge >= 0.3 is 0 Å². The lowest BCUT2D eigenvalue weighted by molar-refractivity contribution is 0.321. The lowest BCUT2D eigenvalue weighted by Gasteiger charge is -2.14. The van der Waals surface area contributed by atoms with Crippen molar-refractivity contribution in [1.82, 2.24) is 10.6 Å². The Morgan fingerprint density at radius 2 is 1.84 bits per heavy atom. The third-order valence-electron chi connectivity index (χ3n) is 2.37. The summed E-state index contributed by atoms with van der Waals surface area (Å²) >= 11 is 0. The van der Waals surface area contributed by atoms with E-state index < -0.39 is 0 Å². The number of hydrogen-bond acceptors (Lipinski definition) is 3. The van der Waals surface area contributed by atoms with E-state index in [1.807, 2.05) is 24.3 Å². The van der Waals surface area contributed by atoms with Crippen molar-refractivity contribution in [3.05, 3.63) is 24.3 Å². The van der Waals surface area contributed by atoms with E-state index in [0.29, 0.717) is 19.2 Å². The molecule has 0 radical (unpaired) electrons. The van der Waals surface area contributed by atoms with Crippen molar-refractivity contribution < 1.29 is 9.47 Å². The zero-order valence-corrected chi connectivity index (χ0v) is 12.1. The molecule has 19 heavy (non-hydrogen) atoms. The van der Waals surface area contributed by atoms with Crippen LogP contribution < -0.4 is 20.1 Å². The van der Waals surface area contributed by atoms with E-state index in [0.717, 1.165) is 17.5 Å². The van der Waals surface area contributed by atoms with Crippen molar-refractivity contribution in [1.29, 1.82) is 0 Å². The summed E-state index contributed by atoms with van der Waals surface area (Å²) in [7, 11) is 3.40. The van der Waals surface area contributed by atoms with Crippen LogP contribution in [0.15, 0.2) is 29.3 Å². The predicted molar refractivity (Wildman–Crippen MR) is 78.1 cm³/mol. The number of hydrogen-bond donors (Lipinski definition) is 2. The van der Waals surface area contributed by atoms with Gasteiger partial charge in [-0.3, -0.25) is 4.99 Å². The number of rotatable bonds is 6. The number of guanidine groups is 1. The van der Waals surface area contributed by atoms with Gasteiger partial charge in [-0.2, -0.15) is 0 Å². The van der Waals surface area contributed by atoms with Crippen LogP contribution in [0.3, 0.4) is 0 Å².